The molecule has 1 aromatic carbocycles. The molecule has 2 aliphatic rings. The summed E-state index contributed by atoms with van der Waals surface area (Å²) in [6, 6.07) is 8.15. The third-order valence-corrected chi connectivity index (χ3v) is 4.80. The Morgan fingerprint density at radius 2 is 1.53 bits per heavy atom. The van der Waals surface area contributed by atoms with E-state index in [4.69, 9.17) is 24.5 Å². The molecule has 2 heterocycles. The number of nitrogens with one attached hydrogen (secondary N) is 2. The Hall–Kier alpha value is -2.69. The second-order valence-electron chi connectivity index (χ2n) is 7.03. The fourth-order valence-corrected chi connectivity index (χ4v) is 3.20. The van der Waals surface area contributed by atoms with Crippen LogP contribution in [0.25, 0.3) is 0 Å². The van der Waals surface area contributed by atoms with Crippen molar-refractivity contribution in [3.05, 3.63) is 24.3 Å². The minimum Gasteiger partial charge on any atom is -0.473 e. The van der Waals surface area contributed by atoms with Crippen LogP contribution in [-0.4, -0.2) is 92.0 Å². The molecule has 2 fully saturated rings. The number of hydrogen-bond donors (Lipinski definition) is 4. The highest BCUT2D eigenvalue weighted by Gasteiger charge is 2.12. The highest BCUT2D eigenvalue weighted by Crippen LogP contribution is 2.21. The molecule has 2 aliphatic heterocycles. The van der Waals surface area contributed by atoms with E-state index in [-0.39, 0.29) is 5.91 Å². The fraction of sp³-hybridized carbons (Fsp3) is 0.550. The van der Waals surface area contributed by atoms with Crippen molar-refractivity contribution in [3.63, 3.8) is 0 Å². The predicted octanol–water partition coefficient (Wildman–Crippen LogP) is 0.303. The maximum absolute atomic E-state index is 12.0. The van der Waals surface area contributed by atoms with Gasteiger partial charge in [-0.3, -0.25) is 9.69 Å². The second kappa shape index (κ2) is 12.8. The van der Waals surface area contributed by atoms with Gasteiger partial charge < -0.3 is 30.5 Å². The molecule has 0 atom stereocenters. The molecule has 0 unspecified atom stereocenters. The van der Waals surface area contributed by atoms with Gasteiger partial charge in [0, 0.05) is 50.6 Å². The molecule has 166 valence electrons. The highest BCUT2D eigenvalue weighted by molar-refractivity contribution is 6.27. The number of carboxylic acid groups (broad SMARTS) is 2. The number of carbonyl (C=O) groups is 3. The van der Waals surface area contributed by atoms with E-state index in [1.54, 1.807) is 0 Å². The molecule has 4 N–H and O–H groups in total. The van der Waals surface area contributed by atoms with E-state index in [1.807, 2.05) is 12.1 Å². The lowest BCUT2D eigenvalue weighted by molar-refractivity contribution is -0.159. The van der Waals surface area contributed by atoms with Gasteiger partial charge in [-0.2, -0.15) is 0 Å². The zero-order chi connectivity index (χ0) is 21.8. The molecule has 30 heavy (non-hydrogen) atoms. The van der Waals surface area contributed by atoms with Crippen molar-refractivity contribution in [1.82, 2.24) is 10.2 Å². The van der Waals surface area contributed by atoms with Crippen LogP contribution < -0.4 is 15.5 Å². The number of nitrogens with zero attached hydrogens (tertiary/aromatic N) is 2. The molecular weight excluding hydrogens is 392 g/mol. The Balaban J connectivity index is 0.000000469. The summed E-state index contributed by atoms with van der Waals surface area (Å²) in [4.78, 5) is 34.9. The van der Waals surface area contributed by atoms with Crippen molar-refractivity contribution < 1.29 is 29.3 Å². The van der Waals surface area contributed by atoms with Gasteiger partial charge >= 0.3 is 11.9 Å². The number of rotatable bonds is 7. The monoisotopic (exact) mass is 422 g/mol. The molecule has 0 radical (unpaired) electrons. The molecule has 0 bridgehead atoms. The van der Waals surface area contributed by atoms with Gasteiger partial charge in [0.05, 0.1) is 19.8 Å². The summed E-state index contributed by atoms with van der Waals surface area (Å²) in [5, 5.41) is 20.9. The standard InChI is InChI=1S/C18H28N4O2.C2H2O4/c23-18(15-19-7-10-21-11-13-24-14-12-21)20-16-3-5-17(6-4-16)22-8-1-2-9-22;3-1(4)2(5)6/h3-6,19H,1-2,7-15H2,(H,20,23);(H,3,4)(H,5,6). The van der Waals surface area contributed by atoms with Gasteiger partial charge in [0.15, 0.2) is 0 Å². The molecule has 0 spiro atoms. The zero-order valence-electron chi connectivity index (χ0n) is 17.0. The van der Waals surface area contributed by atoms with E-state index in [2.05, 4.69) is 32.6 Å². The van der Waals surface area contributed by atoms with E-state index in [0.717, 1.165) is 58.2 Å². The van der Waals surface area contributed by atoms with Gasteiger partial charge in [-0.05, 0) is 37.1 Å². The van der Waals surface area contributed by atoms with Gasteiger partial charge in [0.25, 0.3) is 0 Å². The van der Waals surface area contributed by atoms with E-state index in [0.29, 0.717) is 6.54 Å². The molecule has 3 rings (SSSR count). The zero-order valence-corrected chi connectivity index (χ0v) is 17.0. The van der Waals surface area contributed by atoms with E-state index < -0.39 is 11.9 Å². The average molecular weight is 422 g/mol. The first-order valence-electron chi connectivity index (χ1n) is 10.1. The Labute approximate surface area is 175 Å². The average Bonchev–Trinajstić information content (AvgIpc) is 3.28. The first-order valence-corrected chi connectivity index (χ1v) is 10.1. The highest BCUT2D eigenvalue weighted by atomic mass is 16.5. The molecular formula is C20H30N4O6. The summed E-state index contributed by atoms with van der Waals surface area (Å²) in [5.74, 6) is -3.64. The lowest BCUT2D eigenvalue weighted by Gasteiger charge is -2.26. The molecule has 10 heteroatoms. The van der Waals surface area contributed by atoms with Crippen molar-refractivity contribution >= 4 is 29.2 Å². The van der Waals surface area contributed by atoms with Crippen LogP contribution in [0.1, 0.15) is 12.8 Å². The summed E-state index contributed by atoms with van der Waals surface area (Å²) >= 11 is 0. The Bertz CT molecular complexity index is 673. The first-order chi connectivity index (χ1) is 14.5. The van der Waals surface area contributed by atoms with Crippen LogP contribution in [0.3, 0.4) is 0 Å². The molecule has 0 aliphatic carbocycles. The number of amides is 1. The van der Waals surface area contributed by atoms with Crippen molar-refractivity contribution in [1.29, 1.82) is 0 Å². The third kappa shape index (κ3) is 8.76. The second-order valence-corrected chi connectivity index (χ2v) is 7.03. The van der Waals surface area contributed by atoms with E-state index in [9.17, 15) is 4.79 Å². The van der Waals surface area contributed by atoms with Gasteiger partial charge in [0.2, 0.25) is 5.91 Å². The summed E-state index contributed by atoms with van der Waals surface area (Å²) in [6.45, 7) is 7.99. The van der Waals surface area contributed by atoms with Crippen molar-refractivity contribution in [2.24, 2.45) is 0 Å². The lowest BCUT2D eigenvalue weighted by Crippen LogP contribution is -2.41. The Kier molecular flexibility index (Phi) is 10.1. The minimum absolute atomic E-state index is 0.00546. The maximum atomic E-state index is 12.0. The topological polar surface area (TPSA) is 131 Å². The molecule has 1 amide bonds. The summed E-state index contributed by atoms with van der Waals surface area (Å²) < 4.78 is 5.32. The lowest BCUT2D eigenvalue weighted by atomic mass is 10.2. The fourth-order valence-electron chi connectivity index (χ4n) is 3.20. The summed E-state index contributed by atoms with van der Waals surface area (Å²) in [7, 11) is 0. The van der Waals surface area contributed by atoms with Crippen LogP contribution in [0, 0.1) is 0 Å². The predicted molar refractivity (Wildman–Crippen MR) is 112 cm³/mol. The number of morpholine rings is 1. The van der Waals surface area contributed by atoms with Gasteiger partial charge in [-0.1, -0.05) is 0 Å². The van der Waals surface area contributed by atoms with Crippen LogP contribution in [0.15, 0.2) is 24.3 Å². The smallest absolute Gasteiger partial charge is 0.414 e. The molecule has 2 saturated heterocycles. The molecule has 0 saturated carbocycles. The van der Waals surface area contributed by atoms with Crippen LogP contribution in [0.4, 0.5) is 11.4 Å². The van der Waals surface area contributed by atoms with Gasteiger partial charge in [0.1, 0.15) is 0 Å². The first kappa shape index (κ1) is 23.6. The van der Waals surface area contributed by atoms with E-state index >= 15 is 0 Å². The molecule has 1 aromatic rings. The SMILES string of the molecule is O=C(CNCCN1CCOCC1)Nc1ccc(N2CCCC2)cc1.O=C(O)C(=O)O. The number of hydrogen-bond acceptors (Lipinski definition) is 7. The van der Waals surface area contributed by atoms with Crippen LogP contribution in [0.2, 0.25) is 0 Å². The van der Waals surface area contributed by atoms with Crippen LogP contribution in [-0.2, 0) is 19.1 Å². The van der Waals surface area contributed by atoms with Crippen molar-refractivity contribution in [2.45, 2.75) is 12.8 Å². The number of aliphatic carboxylic acids is 2. The Morgan fingerprint density at radius 3 is 2.10 bits per heavy atom. The summed E-state index contributed by atoms with van der Waals surface area (Å²) in [5.41, 5.74) is 2.10. The van der Waals surface area contributed by atoms with Crippen molar-refractivity contribution in [3.8, 4) is 0 Å². The molecule has 0 aromatic heterocycles. The van der Waals surface area contributed by atoms with E-state index in [1.165, 1.54) is 18.5 Å². The minimum atomic E-state index is -1.82. The number of ether oxygens (including phenoxy) is 1. The normalized spacial score (nSPS) is 16.5. The number of benzene rings is 1. The van der Waals surface area contributed by atoms with Crippen LogP contribution >= 0.6 is 0 Å². The maximum Gasteiger partial charge on any atom is 0.414 e. The van der Waals surface area contributed by atoms with Crippen LogP contribution in [0.5, 0.6) is 0 Å². The summed E-state index contributed by atoms with van der Waals surface area (Å²) in [6.07, 6.45) is 2.54. The number of carbonyl (C=O) groups excluding carboxylic acids is 1. The molecule has 10 nitrogen and oxygen atoms in total. The number of carboxylic acids is 2. The Morgan fingerprint density at radius 1 is 0.933 bits per heavy atom. The quantitative estimate of drug-likeness (QED) is 0.362. The third-order valence-electron chi connectivity index (χ3n) is 4.80. The number of anilines is 2. The van der Waals surface area contributed by atoms with Gasteiger partial charge in [-0.25, -0.2) is 9.59 Å². The van der Waals surface area contributed by atoms with Gasteiger partial charge in [-0.15, -0.1) is 0 Å². The van der Waals surface area contributed by atoms with Crippen molar-refractivity contribution in [2.75, 3.05) is 69.2 Å². The largest absolute Gasteiger partial charge is 0.473 e.